The van der Waals surface area contributed by atoms with Crippen LogP contribution in [0.3, 0.4) is 0 Å². The quantitative estimate of drug-likeness (QED) is 0.381. The van der Waals surface area contributed by atoms with Gasteiger partial charge in [-0.05, 0) is 35.9 Å². The maximum atomic E-state index is 13.2. The van der Waals surface area contributed by atoms with Crippen LogP contribution in [0.2, 0.25) is 5.02 Å². The molecule has 4 aromatic rings. The minimum absolute atomic E-state index is 0.0420. The molecule has 9 nitrogen and oxygen atoms in total. The van der Waals surface area contributed by atoms with Crippen LogP contribution in [-0.4, -0.2) is 39.7 Å². The monoisotopic (exact) mass is 485 g/mol. The number of halogens is 2. The molecule has 0 saturated heterocycles. The molecule has 0 saturated carbocycles. The number of hydrogen-bond donors (Lipinski definition) is 1. The summed E-state index contributed by atoms with van der Waals surface area (Å²) in [6, 6.07) is 11.0. The molecule has 0 unspecified atom stereocenters. The van der Waals surface area contributed by atoms with Gasteiger partial charge in [0.05, 0.1) is 32.6 Å². The van der Waals surface area contributed by atoms with Gasteiger partial charge in [-0.1, -0.05) is 23.7 Å². The summed E-state index contributed by atoms with van der Waals surface area (Å²) < 4.78 is 32.7. The summed E-state index contributed by atoms with van der Waals surface area (Å²) in [4.78, 5) is 12.6. The zero-order valence-electron chi connectivity index (χ0n) is 18.4. The molecule has 0 atom stereocenters. The summed E-state index contributed by atoms with van der Waals surface area (Å²) in [5.74, 6) is 0.650. The van der Waals surface area contributed by atoms with E-state index < -0.39 is 11.7 Å². The SMILES string of the molecule is COc1cccc(OC)c1OCn1ccc(C(=O)Nc2cnn(Cc3ccc(F)cc3Cl)c2)n1. The summed E-state index contributed by atoms with van der Waals surface area (Å²) in [7, 11) is 3.07. The van der Waals surface area contributed by atoms with Gasteiger partial charge in [0.1, 0.15) is 5.82 Å². The Kier molecular flexibility index (Phi) is 6.98. The van der Waals surface area contributed by atoms with Crippen molar-refractivity contribution >= 4 is 23.2 Å². The number of ether oxygens (including phenoxy) is 3. The number of nitrogens with zero attached hydrogens (tertiary/aromatic N) is 4. The van der Waals surface area contributed by atoms with E-state index in [0.717, 1.165) is 0 Å². The van der Waals surface area contributed by atoms with E-state index in [0.29, 0.717) is 40.1 Å². The van der Waals surface area contributed by atoms with Crippen molar-refractivity contribution in [1.29, 1.82) is 0 Å². The molecule has 0 bridgehead atoms. The molecule has 0 spiro atoms. The van der Waals surface area contributed by atoms with Gasteiger partial charge in [0.2, 0.25) is 5.75 Å². The number of amides is 1. The maximum absolute atomic E-state index is 13.2. The van der Waals surface area contributed by atoms with Crippen molar-refractivity contribution in [3.8, 4) is 17.2 Å². The van der Waals surface area contributed by atoms with Crippen LogP contribution < -0.4 is 19.5 Å². The lowest BCUT2D eigenvalue weighted by molar-refractivity contribution is 0.102. The van der Waals surface area contributed by atoms with Crippen molar-refractivity contribution in [2.24, 2.45) is 0 Å². The van der Waals surface area contributed by atoms with Crippen molar-refractivity contribution in [2.45, 2.75) is 13.3 Å². The molecular formula is C23H21ClFN5O4. The van der Waals surface area contributed by atoms with Crippen LogP contribution in [0.1, 0.15) is 16.1 Å². The Morgan fingerprint density at radius 1 is 1.12 bits per heavy atom. The zero-order valence-corrected chi connectivity index (χ0v) is 19.1. The number of carbonyl (C=O) groups excluding carboxylic acids is 1. The number of anilines is 1. The van der Waals surface area contributed by atoms with Crippen LogP contribution in [0.25, 0.3) is 0 Å². The number of carbonyl (C=O) groups is 1. The Morgan fingerprint density at radius 3 is 2.59 bits per heavy atom. The average Bonchev–Trinajstić information content (AvgIpc) is 3.49. The first-order valence-corrected chi connectivity index (χ1v) is 10.5. The number of methoxy groups -OCH3 is 2. The molecule has 2 aromatic carbocycles. The van der Waals surface area contributed by atoms with Crippen LogP contribution >= 0.6 is 11.6 Å². The van der Waals surface area contributed by atoms with Crippen LogP contribution in [0, 0.1) is 5.82 Å². The van der Waals surface area contributed by atoms with Gasteiger partial charge in [-0.3, -0.25) is 9.48 Å². The largest absolute Gasteiger partial charge is 0.493 e. The lowest BCUT2D eigenvalue weighted by Gasteiger charge is -2.13. The highest BCUT2D eigenvalue weighted by molar-refractivity contribution is 6.31. The molecule has 176 valence electrons. The number of aromatic nitrogens is 4. The second kappa shape index (κ2) is 10.3. The number of para-hydroxylation sites is 1. The molecule has 0 aliphatic heterocycles. The first kappa shape index (κ1) is 23.1. The standard InChI is InChI=1S/C23H21ClFN5O4/c1-32-20-4-3-5-21(33-2)22(20)34-14-29-9-8-19(28-29)23(31)27-17-11-26-30(13-17)12-15-6-7-16(25)10-18(15)24/h3-11,13H,12,14H2,1-2H3,(H,27,31). The maximum Gasteiger partial charge on any atom is 0.276 e. The Bertz CT molecular complexity index is 1280. The minimum Gasteiger partial charge on any atom is -0.493 e. The first-order chi connectivity index (χ1) is 16.5. The van der Waals surface area contributed by atoms with E-state index in [2.05, 4.69) is 15.5 Å². The second-order valence-corrected chi connectivity index (χ2v) is 7.53. The van der Waals surface area contributed by atoms with E-state index in [1.165, 1.54) is 37.2 Å². The molecule has 1 amide bonds. The first-order valence-electron chi connectivity index (χ1n) is 10.1. The smallest absolute Gasteiger partial charge is 0.276 e. The number of nitrogens with one attached hydrogen (secondary N) is 1. The average molecular weight is 486 g/mol. The molecular weight excluding hydrogens is 465 g/mol. The second-order valence-electron chi connectivity index (χ2n) is 7.12. The Labute approximate surface area is 199 Å². The Hall–Kier alpha value is -4.05. The van der Waals surface area contributed by atoms with Gasteiger partial charge in [0.15, 0.2) is 23.9 Å². The van der Waals surface area contributed by atoms with E-state index in [1.54, 1.807) is 47.4 Å². The zero-order chi connectivity index (χ0) is 24.1. The fourth-order valence-electron chi connectivity index (χ4n) is 3.18. The molecule has 11 heteroatoms. The third-order valence-electron chi connectivity index (χ3n) is 4.84. The molecule has 0 aliphatic carbocycles. The molecule has 0 aliphatic rings. The predicted molar refractivity (Wildman–Crippen MR) is 123 cm³/mol. The molecule has 2 aromatic heterocycles. The van der Waals surface area contributed by atoms with Gasteiger partial charge < -0.3 is 19.5 Å². The third-order valence-corrected chi connectivity index (χ3v) is 5.19. The van der Waals surface area contributed by atoms with Gasteiger partial charge in [-0.2, -0.15) is 10.2 Å². The van der Waals surface area contributed by atoms with Crippen molar-refractivity contribution in [3.05, 3.63) is 83.2 Å². The normalized spacial score (nSPS) is 10.7. The Morgan fingerprint density at radius 2 is 1.88 bits per heavy atom. The van der Waals surface area contributed by atoms with Gasteiger partial charge in [-0.15, -0.1) is 0 Å². The fourth-order valence-corrected chi connectivity index (χ4v) is 3.41. The van der Waals surface area contributed by atoms with Crippen molar-refractivity contribution in [3.63, 3.8) is 0 Å². The molecule has 1 N–H and O–H groups in total. The van der Waals surface area contributed by atoms with Gasteiger partial charge in [-0.25, -0.2) is 9.07 Å². The molecule has 2 heterocycles. The highest BCUT2D eigenvalue weighted by Crippen LogP contribution is 2.36. The lowest BCUT2D eigenvalue weighted by Crippen LogP contribution is -2.14. The lowest BCUT2D eigenvalue weighted by atomic mass is 10.2. The third kappa shape index (κ3) is 5.29. The molecule has 34 heavy (non-hydrogen) atoms. The minimum atomic E-state index is -0.409. The predicted octanol–water partition coefficient (Wildman–Crippen LogP) is 4.23. The Balaban J connectivity index is 1.37. The van der Waals surface area contributed by atoms with Crippen molar-refractivity contribution < 1.29 is 23.4 Å². The molecule has 4 rings (SSSR count). The van der Waals surface area contributed by atoms with Crippen molar-refractivity contribution in [1.82, 2.24) is 19.6 Å². The van der Waals surface area contributed by atoms with Gasteiger partial charge >= 0.3 is 0 Å². The van der Waals surface area contributed by atoms with Gasteiger partial charge in [0, 0.05) is 17.4 Å². The highest BCUT2D eigenvalue weighted by Gasteiger charge is 2.14. The topological polar surface area (TPSA) is 92.4 Å². The highest BCUT2D eigenvalue weighted by atomic mass is 35.5. The van der Waals surface area contributed by atoms with E-state index >= 15 is 0 Å². The van der Waals surface area contributed by atoms with Crippen LogP contribution in [-0.2, 0) is 13.3 Å². The molecule has 0 radical (unpaired) electrons. The molecule has 0 fully saturated rings. The van der Waals surface area contributed by atoms with E-state index in [-0.39, 0.29) is 12.4 Å². The number of benzene rings is 2. The van der Waals surface area contributed by atoms with Crippen LogP contribution in [0.15, 0.2) is 61.1 Å². The summed E-state index contributed by atoms with van der Waals surface area (Å²) in [5, 5.41) is 11.5. The van der Waals surface area contributed by atoms with E-state index in [9.17, 15) is 9.18 Å². The van der Waals surface area contributed by atoms with Gasteiger partial charge in [0.25, 0.3) is 5.91 Å². The fraction of sp³-hybridized carbons (Fsp3) is 0.174. The summed E-state index contributed by atoms with van der Waals surface area (Å²) >= 11 is 6.07. The van der Waals surface area contributed by atoms with Crippen molar-refractivity contribution in [2.75, 3.05) is 19.5 Å². The summed E-state index contributed by atoms with van der Waals surface area (Å²) in [5.41, 5.74) is 1.38. The summed E-state index contributed by atoms with van der Waals surface area (Å²) in [6.07, 6.45) is 4.77. The van der Waals surface area contributed by atoms with Crippen LogP contribution in [0.4, 0.5) is 10.1 Å². The summed E-state index contributed by atoms with van der Waals surface area (Å²) in [6.45, 7) is 0.369. The van der Waals surface area contributed by atoms with E-state index in [4.69, 9.17) is 25.8 Å². The number of hydrogen-bond acceptors (Lipinski definition) is 6. The van der Waals surface area contributed by atoms with E-state index in [1.807, 2.05) is 0 Å². The van der Waals surface area contributed by atoms with Crippen LogP contribution in [0.5, 0.6) is 17.2 Å². The number of rotatable bonds is 9.